The standard InChI is InChI=1S/C21H23NO5/c1-13-17(18(23)14(2)20(27-3)19(13)24)11-16(21(25)26)9-5-4-7-15-8-6-10-22-12-15/h6,8,10-12H,4-5,7,9H2,1-3H3,(H,25,26). The van der Waals surface area contributed by atoms with Gasteiger partial charge in [-0.05, 0) is 57.2 Å². The zero-order chi connectivity index (χ0) is 20.0. The molecule has 0 unspecified atom stereocenters. The molecular formula is C21H23NO5. The van der Waals surface area contributed by atoms with E-state index in [1.807, 2.05) is 12.1 Å². The number of pyridine rings is 1. The van der Waals surface area contributed by atoms with Gasteiger partial charge in [0.25, 0.3) is 0 Å². The zero-order valence-electron chi connectivity index (χ0n) is 15.7. The van der Waals surface area contributed by atoms with Gasteiger partial charge in [0.15, 0.2) is 11.5 Å². The number of Topliss-reactive ketones (excluding diaryl/α,β-unsaturated/α-hetero) is 2. The van der Waals surface area contributed by atoms with Crippen molar-refractivity contribution in [2.75, 3.05) is 7.11 Å². The minimum atomic E-state index is -1.09. The number of nitrogens with zero attached hydrogens (tertiary/aromatic N) is 1. The number of allylic oxidation sites excluding steroid dienone is 4. The number of ether oxygens (including phenoxy) is 1. The third kappa shape index (κ3) is 4.78. The third-order valence-corrected chi connectivity index (χ3v) is 4.56. The minimum Gasteiger partial charge on any atom is -0.492 e. The number of unbranched alkanes of at least 4 members (excludes halogenated alkanes) is 1. The molecule has 0 atom stereocenters. The largest absolute Gasteiger partial charge is 0.492 e. The fraction of sp³-hybridized carbons (Fsp3) is 0.333. The second-order valence-electron chi connectivity index (χ2n) is 6.40. The summed E-state index contributed by atoms with van der Waals surface area (Å²) in [5, 5.41) is 9.49. The van der Waals surface area contributed by atoms with E-state index in [0.717, 1.165) is 18.4 Å². The number of ketones is 2. The van der Waals surface area contributed by atoms with Crippen LogP contribution < -0.4 is 0 Å². The molecule has 1 aromatic rings. The Morgan fingerprint density at radius 2 is 1.93 bits per heavy atom. The van der Waals surface area contributed by atoms with Gasteiger partial charge in [0.2, 0.25) is 5.78 Å². The summed E-state index contributed by atoms with van der Waals surface area (Å²) in [6.45, 7) is 3.02. The molecular weight excluding hydrogens is 346 g/mol. The first-order chi connectivity index (χ1) is 12.9. The maximum Gasteiger partial charge on any atom is 0.331 e. The van der Waals surface area contributed by atoms with E-state index in [1.165, 1.54) is 27.0 Å². The van der Waals surface area contributed by atoms with Crippen LogP contribution in [0.1, 0.15) is 38.7 Å². The Balaban J connectivity index is 2.12. The number of aryl methyl sites for hydroxylation is 1. The lowest BCUT2D eigenvalue weighted by Gasteiger charge is -2.18. The monoisotopic (exact) mass is 369 g/mol. The van der Waals surface area contributed by atoms with E-state index >= 15 is 0 Å². The molecule has 142 valence electrons. The second kappa shape index (κ2) is 9.07. The predicted octanol–water partition coefficient (Wildman–Crippen LogP) is 3.19. The van der Waals surface area contributed by atoms with Crippen LogP contribution in [0.2, 0.25) is 0 Å². The molecule has 1 aromatic heterocycles. The van der Waals surface area contributed by atoms with Crippen LogP contribution in [0, 0.1) is 0 Å². The quantitative estimate of drug-likeness (QED) is 0.430. The summed E-state index contributed by atoms with van der Waals surface area (Å²) in [4.78, 5) is 40.5. The van der Waals surface area contributed by atoms with E-state index in [0.29, 0.717) is 12.8 Å². The van der Waals surface area contributed by atoms with Gasteiger partial charge in [-0.2, -0.15) is 0 Å². The molecule has 0 saturated heterocycles. The molecule has 0 aromatic carbocycles. The first-order valence-electron chi connectivity index (χ1n) is 8.74. The van der Waals surface area contributed by atoms with Crippen LogP contribution in [0.25, 0.3) is 0 Å². The van der Waals surface area contributed by atoms with Crippen molar-refractivity contribution in [1.82, 2.24) is 4.98 Å². The van der Waals surface area contributed by atoms with Crippen molar-refractivity contribution in [1.29, 1.82) is 0 Å². The van der Waals surface area contributed by atoms with Gasteiger partial charge in [0.1, 0.15) is 0 Å². The van der Waals surface area contributed by atoms with Crippen LogP contribution >= 0.6 is 0 Å². The summed E-state index contributed by atoms with van der Waals surface area (Å²) in [7, 11) is 1.34. The van der Waals surface area contributed by atoms with Crippen molar-refractivity contribution in [3.05, 3.63) is 64.2 Å². The Morgan fingerprint density at radius 1 is 1.19 bits per heavy atom. The molecule has 0 bridgehead atoms. The van der Waals surface area contributed by atoms with Gasteiger partial charge in [-0.25, -0.2) is 4.79 Å². The van der Waals surface area contributed by atoms with E-state index in [9.17, 15) is 19.5 Å². The molecule has 0 fully saturated rings. The SMILES string of the molecule is COC1=C(C)C(=O)C(C=C(CCCCc2cccnc2)C(=O)O)=C(C)C1=O. The van der Waals surface area contributed by atoms with Crippen molar-refractivity contribution in [3.63, 3.8) is 0 Å². The molecule has 0 radical (unpaired) electrons. The second-order valence-corrected chi connectivity index (χ2v) is 6.40. The summed E-state index contributed by atoms with van der Waals surface area (Å²) in [6.07, 6.45) is 7.40. The van der Waals surface area contributed by atoms with E-state index in [4.69, 9.17) is 4.74 Å². The molecule has 1 aliphatic rings. The highest BCUT2D eigenvalue weighted by atomic mass is 16.5. The molecule has 1 heterocycles. The van der Waals surface area contributed by atoms with Crippen LogP contribution in [0.4, 0.5) is 0 Å². The van der Waals surface area contributed by atoms with Crippen molar-refractivity contribution < 1.29 is 24.2 Å². The van der Waals surface area contributed by atoms with E-state index in [1.54, 1.807) is 12.4 Å². The lowest BCUT2D eigenvalue weighted by molar-refractivity contribution is -0.132. The summed E-state index contributed by atoms with van der Waals surface area (Å²) in [5.41, 5.74) is 1.74. The fourth-order valence-electron chi connectivity index (χ4n) is 2.96. The van der Waals surface area contributed by atoms with Gasteiger partial charge >= 0.3 is 5.97 Å². The summed E-state index contributed by atoms with van der Waals surface area (Å²) >= 11 is 0. The van der Waals surface area contributed by atoms with Crippen LogP contribution in [-0.2, 0) is 25.5 Å². The number of carboxylic acids is 1. The van der Waals surface area contributed by atoms with Gasteiger partial charge in [0, 0.05) is 34.7 Å². The van der Waals surface area contributed by atoms with E-state index < -0.39 is 5.97 Å². The number of carbonyl (C=O) groups is 3. The Labute approximate surface area is 158 Å². The van der Waals surface area contributed by atoms with Crippen LogP contribution in [0.3, 0.4) is 0 Å². The average Bonchev–Trinajstić information content (AvgIpc) is 2.66. The lowest BCUT2D eigenvalue weighted by Crippen LogP contribution is -2.22. The van der Waals surface area contributed by atoms with Crippen LogP contribution in [0.15, 0.2) is 58.7 Å². The minimum absolute atomic E-state index is 0.0167. The number of hydrogen-bond donors (Lipinski definition) is 1. The van der Waals surface area contributed by atoms with Gasteiger partial charge < -0.3 is 9.84 Å². The number of rotatable bonds is 8. The Bertz CT molecular complexity index is 847. The highest BCUT2D eigenvalue weighted by molar-refractivity contribution is 6.25. The lowest BCUT2D eigenvalue weighted by atomic mass is 9.88. The topological polar surface area (TPSA) is 93.6 Å². The van der Waals surface area contributed by atoms with Crippen molar-refractivity contribution in [2.45, 2.75) is 39.5 Å². The van der Waals surface area contributed by atoms with Crippen LogP contribution in [-0.4, -0.2) is 34.7 Å². The summed E-state index contributed by atoms with van der Waals surface area (Å²) in [5.74, 6) is -1.83. The summed E-state index contributed by atoms with van der Waals surface area (Å²) in [6, 6.07) is 3.84. The number of aliphatic carboxylic acids is 1. The maximum atomic E-state index is 12.5. The van der Waals surface area contributed by atoms with Gasteiger partial charge in [-0.1, -0.05) is 6.07 Å². The fourth-order valence-corrected chi connectivity index (χ4v) is 2.96. The molecule has 0 saturated carbocycles. The predicted molar refractivity (Wildman–Crippen MR) is 99.9 cm³/mol. The van der Waals surface area contributed by atoms with Gasteiger partial charge in [0.05, 0.1) is 7.11 Å². The molecule has 1 aliphatic carbocycles. The zero-order valence-corrected chi connectivity index (χ0v) is 15.7. The number of carboxylic acid groups (broad SMARTS) is 1. The van der Waals surface area contributed by atoms with Crippen molar-refractivity contribution >= 4 is 17.5 Å². The Hall–Kier alpha value is -3.02. The number of methoxy groups -OCH3 is 1. The number of carbonyl (C=O) groups excluding carboxylic acids is 2. The normalized spacial score (nSPS) is 15.4. The van der Waals surface area contributed by atoms with Crippen molar-refractivity contribution in [3.8, 4) is 0 Å². The highest BCUT2D eigenvalue weighted by Crippen LogP contribution is 2.27. The molecule has 1 N–H and O–H groups in total. The Morgan fingerprint density at radius 3 is 2.52 bits per heavy atom. The third-order valence-electron chi connectivity index (χ3n) is 4.56. The van der Waals surface area contributed by atoms with E-state index in [-0.39, 0.29) is 39.6 Å². The summed E-state index contributed by atoms with van der Waals surface area (Å²) < 4.78 is 5.01. The first kappa shape index (κ1) is 20.3. The molecule has 0 spiro atoms. The van der Waals surface area contributed by atoms with Crippen molar-refractivity contribution in [2.24, 2.45) is 0 Å². The number of aromatic nitrogens is 1. The highest BCUT2D eigenvalue weighted by Gasteiger charge is 2.30. The molecule has 0 amide bonds. The van der Waals surface area contributed by atoms with Gasteiger partial charge in [-0.3, -0.25) is 14.6 Å². The molecule has 0 aliphatic heterocycles. The van der Waals surface area contributed by atoms with Gasteiger partial charge in [-0.15, -0.1) is 0 Å². The van der Waals surface area contributed by atoms with Crippen LogP contribution in [0.5, 0.6) is 0 Å². The average molecular weight is 369 g/mol. The molecule has 27 heavy (non-hydrogen) atoms. The number of hydrogen-bond acceptors (Lipinski definition) is 5. The molecule has 6 nitrogen and oxygen atoms in total. The maximum absolute atomic E-state index is 12.5. The van der Waals surface area contributed by atoms with E-state index in [2.05, 4.69) is 4.98 Å². The molecule has 2 rings (SSSR count). The smallest absolute Gasteiger partial charge is 0.331 e. The first-order valence-corrected chi connectivity index (χ1v) is 8.74. The Kier molecular flexibility index (Phi) is 6.82. The molecule has 6 heteroatoms.